The fraction of sp³-hybridized carbons (Fsp3) is 0.825. The van der Waals surface area contributed by atoms with Gasteiger partial charge < -0.3 is 14.2 Å². The molecule has 6 nitrogen and oxygen atoms in total. The monoisotopic (exact) mass is 967 g/mol. The fourth-order valence-electron chi connectivity index (χ4n) is 8.74. The number of carbonyl (C=O) groups is 3. The Morgan fingerprint density at radius 1 is 0.290 bits per heavy atom. The van der Waals surface area contributed by atoms with E-state index >= 15 is 0 Å². The van der Waals surface area contributed by atoms with Gasteiger partial charge in [-0.3, -0.25) is 14.4 Å². The van der Waals surface area contributed by atoms with Gasteiger partial charge in [-0.25, -0.2) is 0 Å². The van der Waals surface area contributed by atoms with E-state index in [9.17, 15) is 14.4 Å². The predicted molar refractivity (Wildman–Crippen MR) is 298 cm³/mol. The normalized spacial score (nSPS) is 12.3. The zero-order valence-corrected chi connectivity index (χ0v) is 46.1. The number of rotatable bonds is 55. The molecule has 0 aliphatic heterocycles. The van der Waals surface area contributed by atoms with Gasteiger partial charge in [-0.2, -0.15) is 0 Å². The lowest BCUT2D eigenvalue weighted by atomic mass is 10.0. The van der Waals surface area contributed by atoms with Crippen LogP contribution in [0.4, 0.5) is 0 Å². The topological polar surface area (TPSA) is 78.9 Å². The minimum Gasteiger partial charge on any atom is -0.462 e. The first-order valence-corrected chi connectivity index (χ1v) is 30.1. The van der Waals surface area contributed by atoms with Gasteiger partial charge in [0.15, 0.2) is 6.10 Å². The molecule has 0 fully saturated rings. The number of carbonyl (C=O) groups excluding carboxylic acids is 3. The highest BCUT2D eigenvalue weighted by molar-refractivity contribution is 5.71. The van der Waals surface area contributed by atoms with Crippen molar-refractivity contribution in [2.24, 2.45) is 0 Å². The molecule has 6 heteroatoms. The Hall–Kier alpha value is -2.63. The Labute approximate surface area is 428 Å². The van der Waals surface area contributed by atoms with Crippen LogP contribution in [0.3, 0.4) is 0 Å². The summed E-state index contributed by atoms with van der Waals surface area (Å²) >= 11 is 0. The summed E-state index contributed by atoms with van der Waals surface area (Å²) in [7, 11) is 0. The van der Waals surface area contributed by atoms with Crippen LogP contribution in [-0.2, 0) is 28.6 Å². The van der Waals surface area contributed by atoms with E-state index in [2.05, 4.69) is 69.4 Å². The van der Waals surface area contributed by atoms with Gasteiger partial charge in [-0.15, -0.1) is 0 Å². The van der Waals surface area contributed by atoms with Gasteiger partial charge in [0.1, 0.15) is 13.2 Å². The predicted octanol–water partition coefficient (Wildman–Crippen LogP) is 20.2. The molecule has 0 saturated carbocycles. The van der Waals surface area contributed by atoms with E-state index in [0.717, 1.165) is 70.6 Å². The highest BCUT2D eigenvalue weighted by Crippen LogP contribution is 2.17. The number of hydrogen-bond acceptors (Lipinski definition) is 6. The van der Waals surface area contributed by atoms with Crippen molar-refractivity contribution in [1.82, 2.24) is 0 Å². The van der Waals surface area contributed by atoms with E-state index in [1.54, 1.807) is 0 Å². The smallest absolute Gasteiger partial charge is 0.306 e. The summed E-state index contributed by atoms with van der Waals surface area (Å²) in [5, 5.41) is 0. The molecule has 0 heterocycles. The molecule has 0 aromatic rings. The van der Waals surface area contributed by atoms with Gasteiger partial charge >= 0.3 is 17.9 Å². The standard InChI is InChI=1S/C63H114O6/c1-4-7-10-13-16-19-22-25-28-30-31-33-35-38-41-44-47-50-53-56-62(65)68-59-60(58-67-61(64)55-52-49-46-43-40-37-34-27-24-21-18-15-12-9-6-3)69-63(66)57-54-51-48-45-42-39-36-32-29-26-23-20-17-14-11-8-5-2/h18,21,26-27,29,34,40,43,60H,4-17,19-20,22-25,28,30-33,35-39,41-42,44-59H2,1-3H3/b21-18-,29-26-,34-27-,43-40-/t60-/m1/s1. The summed E-state index contributed by atoms with van der Waals surface area (Å²) < 4.78 is 16.9. The van der Waals surface area contributed by atoms with E-state index in [1.807, 2.05) is 0 Å². The molecule has 0 radical (unpaired) electrons. The second-order valence-electron chi connectivity index (χ2n) is 20.3. The van der Waals surface area contributed by atoms with Crippen LogP contribution in [0.15, 0.2) is 48.6 Å². The van der Waals surface area contributed by atoms with Crippen LogP contribution in [-0.4, -0.2) is 37.2 Å². The van der Waals surface area contributed by atoms with Gasteiger partial charge in [0.05, 0.1) is 0 Å². The third kappa shape index (κ3) is 56.2. The molecule has 1 atom stereocenters. The van der Waals surface area contributed by atoms with Crippen molar-refractivity contribution in [2.75, 3.05) is 13.2 Å². The van der Waals surface area contributed by atoms with Gasteiger partial charge in [0.2, 0.25) is 0 Å². The third-order valence-corrected chi connectivity index (χ3v) is 13.3. The molecule has 0 spiro atoms. The van der Waals surface area contributed by atoms with Crippen molar-refractivity contribution in [2.45, 2.75) is 322 Å². The molecule has 402 valence electrons. The summed E-state index contributed by atoms with van der Waals surface area (Å²) in [5.41, 5.74) is 0. The lowest BCUT2D eigenvalue weighted by molar-refractivity contribution is -0.167. The van der Waals surface area contributed by atoms with E-state index < -0.39 is 6.10 Å². The number of ether oxygens (including phenoxy) is 3. The Balaban J connectivity index is 4.38. The van der Waals surface area contributed by atoms with E-state index in [0.29, 0.717) is 19.3 Å². The first-order chi connectivity index (χ1) is 34.0. The summed E-state index contributed by atoms with van der Waals surface area (Å²) in [6, 6.07) is 0. The second-order valence-corrected chi connectivity index (χ2v) is 20.3. The van der Waals surface area contributed by atoms with Crippen LogP contribution in [0.25, 0.3) is 0 Å². The van der Waals surface area contributed by atoms with Gasteiger partial charge in [-0.1, -0.05) is 262 Å². The fourth-order valence-corrected chi connectivity index (χ4v) is 8.74. The number of hydrogen-bond donors (Lipinski definition) is 0. The average Bonchev–Trinajstić information content (AvgIpc) is 3.35. The SMILES string of the molecule is CCCCC/C=C\C/C=C\C/C=C\CCCCC(=O)OC[C@H](COC(=O)CCCCCCCCCCCCCCCCCCCCC)OC(=O)CCCCCCCCC/C=C\CCCCCCCC. The van der Waals surface area contributed by atoms with E-state index in [4.69, 9.17) is 14.2 Å². The third-order valence-electron chi connectivity index (χ3n) is 13.3. The Bertz CT molecular complexity index is 1200. The molecule has 0 rings (SSSR count). The summed E-state index contributed by atoms with van der Waals surface area (Å²) in [6.45, 7) is 6.61. The maximum Gasteiger partial charge on any atom is 0.306 e. The molecule has 0 saturated heterocycles. The largest absolute Gasteiger partial charge is 0.462 e. The zero-order valence-electron chi connectivity index (χ0n) is 46.1. The lowest BCUT2D eigenvalue weighted by Gasteiger charge is -2.18. The van der Waals surface area contributed by atoms with Gasteiger partial charge in [-0.05, 0) is 83.5 Å². The summed E-state index contributed by atoms with van der Waals surface area (Å²) in [4.78, 5) is 38.2. The molecule has 0 aromatic heterocycles. The molecular weight excluding hydrogens is 853 g/mol. The van der Waals surface area contributed by atoms with Crippen molar-refractivity contribution in [3.05, 3.63) is 48.6 Å². The second kappa shape index (κ2) is 57.9. The van der Waals surface area contributed by atoms with Crippen LogP contribution in [0, 0.1) is 0 Å². The molecule has 0 aromatic carbocycles. The van der Waals surface area contributed by atoms with E-state index in [1.165, 1.54) is 205 Å². The maximum absolute atomic E-state index is 12.9. The molecule has 0 N–H and O–H groups in total. The van der Waals surface area contributed by atoms with Gasteiger partial charge in [0.25, 0.3) is 0 Å². The summed E-state index contributed by atoms with van der Waals surface area (Å²) in [5.74, 6) is -0.911. The Morgan fingerprint density at radius 2 is 0.522 bits per heavy atom. The molecular formula is C63H114O6. The van der Waals surface area contributed by atoms with Crippen molar-refractivity contribution >= 4 is 17.9 Å². The minimum atomic E-state index is -0.789. The molecule has 0 bridgehead atoms. The number of esters is 3. The average molecular weight is 968 g/mol. The zero-order chi connectivity index (χ0) is 50.0. The van der Waals surface area contributed by atoms with Crippen molar-refractivity contribution < 1.29 is 28.6 Å². The van der Waals surface area contributed by atoms with Crippen molar-refractivity contribution in [3.63, 3.8) is 0 Å². The molecule has 0 aliphatic carbocycles. The Morgan fingerprint density at radius 3 is 0.884 bits per heavy atom. The first-order valence-electron chi connectivity index (χ1n) is 30.1. The summed E-state index contributed by atoms with van der Waals surface area (Å²) in [6.07, 6.45) is 71.1. The molecule has 69 heavy (non-hydrogen) atoms. The highest BCUT2D eigenvalue weighted by Gasteiger charge is 2.19. The lowest BCUT2D eigenvalue weighted by Crippen LogP contribution is -2.30. The molecule has 0 amide bonds. The first kappa shape index (κ1) is 66.4. The van der Waals surface area contributed by atoms with Crippen LogP contribution < -0.4 is 0 Å². The molecule has 0 unspecified atom stereocenters. The van der Waals surface area contributed by atoms with Crippen molar-refractivity contribution in [3.8, 4) is 0 Å². The van der Waals surface area contributed by atoms with Gasteiger partial charge in [0, 0.05) is 19.3 Å². The Kier molecular flexibility index (Phi) is 55.7. The maximum atomic E-state index is 12.9. The van der Waals surface area contributed by atoms with Crippen LogP contribution in [0.5, 0.6) is 0 Å². The van der Waals surface area contributed by atoms with Crippen LogP contribution >= 0.6 is 0 Å². The highest BCUT2D eigenvalue weighted by atomic mass is 16.6. The number of allylic oxidation sites excluding steroid dienone is 8. The minimum absolute atomic E-state index is 0.0836. The number of unbranched alkanes of at least 4 members (excludes halogenated alkanes) is 36. The van der Waals surface area contributed by atoms with Crippen LogP contribution in [0.2, 0.25) is 0 Å². The van der Waals surface area contributed by atoms with Crippen molar-refractivity contribution in [1.29, 1.82) is 0 Å². The quantitative estimate of drug-likeness (QED) is 0.0262. The van der Waals surface area contributed by atoms with Crippen LogP contribution in [0.1, 0.15) is 316 Å². The van der Waals surface area contributed by atoms with E-state index in [-0.39, 0.29) is 31.1 Å². The molecule has 0 aliphatic rings.